The van der Waals surface area contributed by atoms with Crippen LogP contribution in [0.3, 0.4) is 0 Å². The van der Waals surface area contributed by atoms with E-state index in [9.17, 15) is 18.0 Å². The fourth-order valence-electron chi connectivity index (χ4n) is 4.01. The van der Waals surface area contributed by atoms with Gasteiger partial charge in [0.25, 0.3) is 0 Å². The highest BCUT2D eigenvalue weighted by molar-refractivity contribution is 5.85. The van der Waals surface area contributed by atoms with Gasteiger partial charge in [0.05, 0.1) is 5.56 Å². The first-order valence-corrected chi connectivity index (χ1v) is 11.1. The number of ketones is 1. The van der Waals surface area contributed by atoms with Crippen molar-refractivity contribution in [3.8, 4) is 22.3 Å². The van der Waals surface area contributed by atoms with Crippen molar-refractivity contribution in [1.82, 2.24) is 0 Å². The number of halogens is 3. The topological polar surface area (TPSA) is 20.3 Å². The maximum Gasteiger partial charge on any atom is 0.416 e. The van der Waals surface area contributed by atoms with Crippen molar-refractivity contribution in [2.45, 2.75) is 39.3 Å². The van der Waals surface area contributed by atoms with Gasteiger partial charge in [0.2, 0.25) is 0 Å². The first kappa shape index (κ1) is 24.6. The predicted molar refractivity (Wildman–Crippen MR) is 130 cm³/mol. The summed E-state index contributed by atoms with van der Waals surface area (Å²) in [5.74, 6) is 0.144. The van der Waals surface area contributed by atoms with Crippen LogP contribution in [0.25, 0.3) is 22.3 Å². The molecular weight excluding hydrogens is 423 g/mol. The van der Waals surface area contributed by atoms with E-state index >= 15 is 0 Å². The third-order valence-corrected chi connectivity index (χ3v) is 5.80. The Morgan fingerprint density at radius 1 is 0.848 bits per heavy atom. The molecule has 0 aliphatic rings. The van der Waals surface area contributed by atoms with Crippen LogP contribution in [-0.4, -0.2) is 19.9 Å². The van der Waals surface area contributed by atoms with Crippen molar-refractivity contribution in [2.24, 2.45) is 5.92 Å². The number of carbonyl (C=O) groups is 1. The molecule has 0 aliphatic heterocycles. The summed E-state index contributed by atoms with van der Waals surface area (Å²) in [5, 5.41) is 0. The maximum absolute atomic E-state index is 13.0. The van der Waals surface area contributed by atoms with Gasteiger partial charge >= 0.3 is 6.18 Å². The van der Waals surface area contributed by atoms with E-state index in [2.05, 4.69) is 19.9 Å². The summed E-state index contributed by atoms with van der Waals surface area (Å²) in [7, 11) is 3.94. The second-order valence-electron chi connectivity index (χ2n) is 9.16. The number of nitrogens with zero attached hydrogens (tertiary/aromatic N) is 1. The molecule has 5 heteroatoms. The number of Topliss-reactive ketones (excluding diaryl/α,β-unsaturated/α-hetero) is 1. The highest BCUT2D eigenvalue weighted by Gasteiger charge is 2.30. The first-order chi connectivity index (χ1) is 15.5. The third kappa shape index (κ3) is 6.04. The average Bonchev–Trinajstić information content (AvgIpc) is 2.76. The molecule has 3 aromatic rings. The lowest BCUT2D eigenvalue weighted by molar-refractivity contribution is -0.137. The molecule has 1 atom stereocenters. The average molecular weight is 454 g/mol. The van der Waals surface area contributed by atoms with Crippen LogP contribution in [0.2, 0.25) is 0 Å². The Morgan fingerprint density at radius 2 is 1.45 bits per heavy atom. The van der Waals surface area contributed by atoms with E-state index in [0.717, 1.165) is 40.1 Å². The molecule has 3 aromatic carbocycles. The molecule has 0 fully saturated rings. The number of hydrogen-bond acceptors (Lipinski definition) is 2. The monoisotopic (exact) mass is 453 g/mol. The van der Waals surface area contributed by atoms with Crippen molar-refractivity contribution in [3.63, 3.8) is 0 Å². The van der Waals surface area contributed by atoms with Crippen molar-refractivity contribution < 1.29 is 18.0 Å². The van der Waals surface area contributed by atoms with Crippen molar-refractivity contribution in [3.05, 3.63) is 77.9 Å². The molecule has 174 valence electrons. The molecule has 0 spiro atoms. The molecule has 2 nitrogen and oxygen atoms in total. The Bertz CT molecular complexity index is 1110. The predicted octanol–water partition coefficient (Wildman–Crippen LogP) is 7.82. The molecule has 0 saturated carbocycles. The minimum Gasteiger partial charge on any atom is -0.378 e. The van der Waals surface area contributed by atoms with Crippen LogP contribution in [0.15, 0.2) is 66.7 Å². The van der Waals surface area contributed by atoms with Crippen LogP contribution in [0.1, 0.15) is 44.2 Å². The summed E-state index contributed by atoms with van der Waals surface area (Å²) in [5.41, 5.74) is 4.65. The van der Waals surface area contributed by atoms with E-state index in [1.807, 2.05) is 55.4 Å². The third-order valence-electron chi connectivity index (χ3n) is 5.80. The minimum absolute atomic E-state index is 0.0845. The number of rotatable bonds is 7. The van der Waals surface area contributed by atoms with Crippen LogP contribution in [0.5, 0.6) is 0 Å². The van der Waals surface area contributed by atoms with Gasteiger partial charge in [-0.3, -0.25) is 4.79 Å². The summed E-state index contributed by atoms with van der Waals surface area (Å²) in [6, 6.07) is 19.2. The second-order valence-corrected chi connectivity index (χ2v) is 9.16. The zero-order chi connectivity index (χ0) is 24.3. The highest BCUT2D eigenvalue weighted by Crippen LogP contribution is 2.36. The Labute approximate surface area is 194 Å². The van der Waals surface area contributed by atoms with Crippen molar-refractivity contribution >= 4 is 11.5 Å². The largest absolute Gasteiger partial charge is 0.416 e. The van der Waals surface area contributed by atoms with E-state index in [4.69, 9.17) is 0 Å². The summed E-state index contributed by atoms with van der Waals surface area (Å²) < 4.78 is 39.1. The van der Waals surface area contributed by atoms with Gasteiger partial charge in [0, 0.05) is 25.7 Å². The van der Waals surface area contributed by atoms with Crippen LogP contribution in [-0.2, 0) is 11.0 Å². The molecule has 0 amide bonds. The van der Waals surface area contributed by atoms with Gasteiger partial charge in [-0.05, 0) is 77.4 Å². The number of alkyl halides is 3. The van der Waals surface area contributed by atoms with E-state index < -0.39 is 11.7 Å². The smallest absolute Gasteiger partial charge is 0.378 e. The molecule has 3 rings (SSSR count). The molecular formula is C28H30F3NO. The molecule has 0 bridgehead atoms. The van der Waals surface area contributed by atoms with Crippen LogP contribution < -0.4 is 4.90 Å². The zero-order valence-corrected chi connectivity index (χ0v) is 19.7. The summed E-state index contributed by atoms with van der Waals surface area (Å²) in [6.07, 6.45) is -3.67. The quantitative estimate of drug-likeness (QED) is 0.363. The summed E-state index contributed by atoms with van der Waals surface area (Å²) >= 11 is 0. The normalized spacial score (nSPS) is 12.6. The van der Waals surface area contributed by atoms with Crippen molar-refractivity contribution in [1.29, 1.82) is 0 Å². The van der Waals surface area contributed by atoms with Gasteiger partial charge in [0.1, 0.15) is 5.78 Å². The molecule has 0 aliphatic carbocycles. The van der Waals surface area contributed by atoms with Gasteiger partial charge in [-0.15, -0.1) is 0 Å². The van der Waals surface area contributed by atoms with Gasteiger partial charge in [-0.1, -0.05) is 50.2 Å². The zero-order valence-electron chi connectivity index (χ0n) is 19.7. The Kier molecular flexibility index (Phi) is 7.31. The molecule has 33 heavy (non-hydrogen) atoms. The standard InChI is InChI=1S/C28H30F3NO/c1-18(2)13-27(19(3)33)24-15-22(20-9-11-25(12-10-20)28(29,30)31)14-23(16-24)21-7-6-8-26(17-21)32(4)5/h6-12,14-18,27H,13H2,1-5H3. The molecule has 0 heterocycles. The molecule has 0 aromatic heterocycles. The lowest BCUT2D eigenvalue weighted by Crippen LogP contribution is -2.12. The highest BCUT2D eigenvalue weighted by atomic mass is 19.4. The van der Waals surface area contributed by atoms with E-state index in [1.165, 1.54) is 12.1 Å². The number of hydrogen-bond donors (Lipinski definition) is 0. The fraction of sp³-hybridized carbons (Fsp3) is 0.321. The number of carbonyl (C=O) groups excluding carboxylic acids is 1. The van der Waals surface area contributed by atoms with Gasteiger partial charge in [0.15, 0.2) is 0 Å². The van der Waals surface area contributed by atoms with E-state index in [-0.39, 0.29) is 11.7 Å². The van der Waals surface area contributed by atoms with Crippen LogP contribution in [0, 0.1) is 5.92 Å². The van der Waals surface area contributed by atoms with Crippen LogP contribution in [0.4, 0.5) is 18.9 Å². The SMILES string of the molecule is CC(=O)C(CC(C)C)c1cc(-c2ccc(C(F)(F)F)cc2)cc(-c2cccc(N(C)C)c2)c1. The minimum atomic E-state index is -4.38. The van der Waals surface area contributed by atoms with Gasteiger partial charge in [-0.25, -0.2) is 0 Å². The summed E-state index contributed by atoms with van der Waals surface area (Å²) in [6.45, 7) is 5.76. The Morgan fingerprint density at radius 3 is 1.97 bits per heavy atom. The fourth-order valence-corrected chi connectivity index (χ4v) is 4.01. The lowest BCUT2D eigenvalue weighted by atomic mass is 9.84. The lowest BCUT2D eigenvalue weighted by Gasteiger charge is -2.20. The second kappa shape index (κ2) is 9.82. The first-order valence-electron chi connectivity index (χ1n) is 11.1. The number of anilines is 1. The van der Waals surface area contributed by atoms with Gasteiger partial charge in [-0.2, -0.15) is 13.2 Å². The van der Waals surface area contributed by atoms with E-state index in [1.54, 1.807) is 6.92 Å². The Balaban J connectivity index is 2.17. The van der Waals surface area contributed by atoms with Gasteiger partial charge < -0.3 is 4.90 Å². The molecule has 0 N–H and O–H groups in total. The number of benzene rings is 3. The maximum atomic E-state index is 13.0. The van der Waals surface area contributed by atoms with Crippen molar-refractivity contribution in [2.75, 3.05) is 19.0 Å². The van der Waals surface area contributed by atoms with E-state index in [0.29, 0.717) is 17.9 Å². The Hall–Kier alpha value is -3.08. The molecule has 0 radical (unpaired) electrons. The van der Waals surface area contributed by atoms with Crippen LogP contribution >= 0.6 is 0 Å². The molecule has 0 saturated heterocycles. The summed E-state index contributed by atoms with van der Waals surface area (Å²) in [4.78, 5) is 14.6. The molecule has 1 unspecified atom stereocenters.